The number of aromatic nitrogens is 2. The van der Waals surface area contributed by atoms with Gasteiger partial charge in [0, 0.05) is 33.8 Å². The minimum atomic E-state index is 0.948. The maximum atomic E-state index is 4.26. The molecule has 1 heterocycles. The third-order valence-electron chi connectivity index (χ3n) is 2.33. The fourth-order valence-corrected chi connectivity index (χ4v) is 1.30. The first-order valence-electron chi connectivity index (χ1n) is 5.35. The molecule has 0 spiro atoms. The Morgan fingerprint density at radius 2 is 1.80 bits per heavy atom. The van der Waals surface area contributed by atoms with E-state index in [1.165, 1.54) is 12.8 Å². The van der Waals surface area contributed by atoms with Crippen LogP contribution in [0.5, 0.6) is 0 Å². The molecule has 0 bridgehead atoms. The predicted molar refractivity (Wildman–Crippen MR) is 64.5 cm³/mol. The van der Waals surface area contributed by atoms with Gasteiger partial charge in [0.15, 0.2) is 0 Å². The largest absolute Gasteiger partial charge is 0.363 e. The molecule has 0 radical (unpaired) electrons. The normalized spacial score (nSPS) is 10.1. The van der Waals surface area contributed by atoms with Crippen LogP contribution in [0.2, 0.25) is 0 Å². The molecule has 0 fully saturated rings. The summed E-state index contributed by atoms with van der Waals surface area (Å²) in [7, 11) is 6.04. The molecule has 0 aromatic carbocycles. The average Bonchev–Trinajstić information content (AvgIpc) is 2.26. The van der Waals surface area contributed by atoms with Gasteiger partial charge in [-0.15, -0.1) is 0 Å². The molecule has 0 N–H and O–H groups in total. The highest BCUT2D eigenvalue weighted by Crippen LogP contribution is 2.14. The van der Waals surface area contributed by atoms with Crippen molar-refractivity contribution in [3.63, 3.8) is 0 Å². The highest BCUT2D eigenvalue weighted by Gasteiger charge is 2.04. The summed E-state index contributed by atoms with van der Waals surface area (Å²) < 4.78 is 0. The Morgan fingerprint density at radius 1 is 1.13 bits per heavy atom. The molecule has 1 aromatic rings. The molecular formula is C11H20N4. The first-order chi connectivity index (χ1) is 7.15. The van der Waals surface area contributed by atoms with Crippen molar-refractivity contribution >= 4 is 11.6 Å². The van der Waals surface area contributed by atoms with Gasteiger partial charge in [0.25, 0.3) is 0 Å². The molecule has 1 aromatic heterocycles. The summed E-state index contributed by atoms with van der Waals surface area (Å²) >= 11 is 0. The van der Waals surface area contributed by atoms with E-state index in [9.17, 15) is 0 Å². The van der Waals surface area contributed by atoms with Crippen LogP contribution in [0.4, 0.5) is 11.6 Å². The van der Waals surface area contributed by atoms with Crippen molar-refractivity contribution in [2.45, 2.75) is 19.8 Å². The number of hydrogen-bond donors (Lipinski definition) is 0. The molecule has 0 aliphatic rings. The van der Waals surface area contributed by atoms with Crippen molar-refractivity contribution in [2.24, 2.45) is 0 Å². The van der Waals surface area contributed by atoms with Gasteiger partial charge in [-0.1, -0.05) is 13.3 Å². The number of rotatable bonds is 5. The van der Waals surface area contributed by atoms with E-state index in [0.29, 0.717) is 0 Å². The molecule has 15 heavy (non-hydrogen) atoms. The van der Waals surface area contributed by atoms with Crippen molar-refractivity contribution in [3.8, 4) is 0 Å². The first-order valence-corrected chi connectivity index (χ1v) is 5.35. The predicted octanol–water partition coefficient (Wildman–Crippen LogP) is 1.78. The zero-order chi connectivity index (χ0) is 11.3. The third kappa shape index (κ3) is 3.38. The Bertz CT molecular complexity index is 298. The molecule has 0 amide bonds. The fraction of sp³-hybridized carbons (Fsp3) is 0.636. The van der Waals surface area contributed by atoms with Gasteiger partial charge < -0.3 is 9.80 Å². The van der Waals surface area contributed by atoms with Crippen LogP contribution >= 0.6 is 0 Å². The molecule has 4 heteroatoms. The van der Waals surface area contributed by atoms with E-state index >= 15 is 0 Å². The lowest BCUT2D eigenvalue weighted by molar-refractivity contribution is 0.758. The van der Waals surface area contributed by atoms with E-state index in [0.717, 1.165) is 18.2 Å². The van der Waals surface area contributed by atoms with Crippen LogP contribution in [0.25, 0.3) is 0 Å². The highest BCUT2D eigenvalue weighted by atomic mass is 15.2. The second-order valence-electron chi connectivity index (χ2n) is 3.90. The Labute approximate surface area is 91.9 Å². The summed E-state index contributed by atoms with van der Waals surface area (Å²) in [5.41, 5.74) is 0. The van der Waals surface area contributed by atoms with Gasteiger partial charge in [0.05, 0.1) is 0 Å². The van der Waals surface area contributed by atoms with Crippen LogP contribution < -0.4 is 9.80 Å². The molecule has 0 aliphatic heterocycles. The van der Waals surface area contributed by atoms with Crippen molar-refractivity contribution in [1.29, 1.82) is 0 Å². The Kier molecular flexibility index (Phi) is 4.34. The molecular weight excluding hydrogens is 188 g/mol. The minimum absolute atomic E-state index is 0.948. The van der Waals surface area contributed by atoms with E-state index in [1.54, 1.807) is 6.33 Å². The van der Waals surface area contributed by atoms with Crippen molar-refractivity contribution < 1.29 is 0 Å². The highest BCUT2D eigenvalue weighted by molar-refractivity contribution is 5.48. The van der Waals surface area contributed by atoms with E-state index in [4.69, 9.17) is 0 Å². The van der Waals surface area contributed by atoms with Gasteiger partial charge in [-0.25, -0.2) is 9.97 Å². The van der Waals surface area contributed by atoms with Crippen LogP contribution in [0.15, 0.2) is 12.4 Å². The van der Waals surface area contributed by atoms with Gasteiger partial charge >= 0.3 is 0 Å². The maximum Gasteiger partial charge on any atom is 0.133 e. The third-order valence-corrected chi connectivity index (χ3v) is 2.33. The topological polar surface area (TPSA) is 32.3 Å². The standard InChI is InChI=1S/C11H20N4/c1-5-6-7-15(4)11-8-10(14(2)3)12-9-13-11/h8-9H,5-7H2,1-4H3. The Balaban J connectivity index is 2.71. The van der Waals surface area contributed by atoms with E-state index < -0.39 is 0 Å². The fourth-order valence-electron chi connectivity index (χ4n) is 1.30. The summed E-state index contributed by atoms with van der Waals surface area (Å²) in [5.74, 6) is 1.94. The smallest absolute Gasteiger partial charge is 0.133 e. The van der Waals surface area contributed by atoms with Gasteiger partial charge in [-0.05, 0) is 6.42 Å². The Morgan fingerprint density at radius 3 is 2.40 bits per heavy atom. The zero-order valence-electron chi connectivity index (χ0n) is 10.1. The lowest BCUT2D eigenvalue weighted by atomic mass is 10.3. The van der Waals surface area contributed by atoms with Crippen LogP contribution in [0, 0.1) is 0 Å². The molecule has 0 atom stereocenters. The SMILES string of the molecule is CCCCN(C)c1cc(N(C)C)ncn1. The second-order valence-corrected chi connectivity index (χ2v) is 3.90. The van der Waals surface area contributed by atoms with Crippen molar-refractivity contribution in [3.05, 3.63) is 12.4 Å². The first kappa shape index (κ1) is 11.8. The van der Waals surface area contributed by atoms with Crippen LogP contribution in [0.3, 0.4) is 0 Å². The van der Waals surface area contributed by atoms with Gasteiger partial charge in [-0.3, -0.25) is 0 Å². The monoisotopic (exact) mass is 208 g/mol. The van der Waals surface area contributed by atoms with Crippen molar-refractivity contribution in [1.82, 2.24) is 9.97 Å². The van der Waals surface area contributed by atoms with E-state index in [2.05, 4.69) is 28.8 Å². The summed E-state index contributed by atoms with van der Waals surface area (Å²) in [6.45, 7) is 3.24. The minimum Gasteiger partial charge on any atom is -0.363 e. The Hall–Kier alpha value is -1.32. The number of unbranched alkanes of at least 4 members (excludes halogenated alkanes) is 1. The molecule has 84 valence electrons. The number of anilines is 2. The molecule has 0 aliphatic carbocycles. The van der Waals surface area contributed by atoms with Crippen molar-refractivity contribution in [2.75, 3.05) is 37.5 Å². The zero-order valence-corrected chi connectivity index (χ0v) is 10.1. The van der Waals surface area contributed by atoms with E-state index in [1.807, 2.05) is 25.1 Å². The van der Waals surface area contributed by atoms with Gasteiger partial charge in [0.2, 0.25) is 0 Å². The molecule has 0 saturated heterocycles. The number of hydrogen-bond acceptors (Lipinski definition) is 4. The summed E-state index contributed by atoms with van der Waals surface area (Å²) in [4.78, 5) is 12.6. The lowest BCUT2D eigenvalue weighted by Gasteiger charge is -2.19. The summed E-state index contributed by atoms with van der Waals surface area (Å²) in [6, 6.07) is 2.01. The maximum absolute atomic E-state index is 4.26. The average molecular weight is 208 g/mol. The lowest BCUT2D eigenvalue weighted by Crippen LogP contribution is -2.20. The molecule has 4 nitrogen and oxygen atoms in total. The van der Waals surface area contributed by atoms with Crippen LogP contribution in [0.1, 0.15) is 19.8 Å². The van der Waals surface area contributed by atoms with Crippen LogP contribution in [-0.4, -0.2) is 37.7 Å². The van der Waals surface area contributed by atoms with Gasteiger partial charge in [0.1, 0.15) is 18.0 Å². The number of nitrogens with zero attached hydrogens (tertiary/aromatic N) is 4. The quantitative estimate of drug-likeness (QED) is 0.738. The molecule has 0 unspecified atom stereocenters. The van der Waals surface area contributed by atoms with Crippen LogP contribution in [-0.2, 0) is 0 Å². The van der Waals surface area contributed by atoms with Gasteiger partial charge in [-0.2, -0.15) is 0 Å². The summed E-state index contributed by atoms with van der Waals surface area (Å²) in [5, 5.41) is 0. The second kappa shape index (κ2) is 5.53. The summed E-state index contributed by atoms with van der Waals surface area (Å²) in [6.07, 6.45) is 4.01. The van der Waals surface area contributed by atoms with E-state index in [-0.39, 0.29) is 0 Å². The molecule has 1 rings (SSSR count). The molecule has 0 saturated carbocycles.